The van der Waals surface area contributed by atoms with Gasteiger partial charge in [0.25, 0.3) is 0 Å². The largest absolute Gasteiger partial charge is 0.496 e. The van der Waals surface area contributed by atoms with E-state index < -0.39 is 23.8 Å². The molecule has 1 aliphatic heterocycles. The van der Waals surface area contributed by atoms with E-state index >= 15 is 0 Å². The molecule has 1 aliphatic carbocycles. The number of rotatable bonds is 9. The van der Waals surface area contributed by atoms with Crippen molar-refractivity contribution < 1.29 is 33.3 Å². The predicted octanol–water partition coefficient (Wildman–Crippen LogP) is 3.28. The Morgan fingerprint density at radius 2 is 1.85 bits per heavy atom. The smallest absolute Gasteiger partial charge is 0.336 e. The average molecular weight is 472 g/mol. The average Bonchev–Trinajstić information content (AvgIpc) is 2.82. The highest BCUT2D eigenvalue weighted by atomic mass is 16.6. The number of esters is 2. The van der Waals surface area contributed by atoms with Crippen LogP contribution >= 0.6 is 0 Å². The molecule has 0 radical (unpaired) electrons. The molecular weight excluding hydrogens is 438 g/mol. The fourth-order valence-electron chi connectivity index (χ4n) is 4.68. The van der Waals surface area contributed by atoms with E-state index in [1.54, 1.807) is 13.0 Å². The van der Waals surface area contributed by atoms with Crippen molar-refractivity contribution in [2.24, 2.45) is 11.8 Å². The zero-order valence-corrected chi connectivity index (χ0v) is 20.4. The van der Waals surface area contributed by atoms with Crippen molar-refractivity contribution in [3.63, 3.8) is 0 Å². The molecule has 0 saturated heterocycles. The molecule has 0 fully saturated rings. The Labute approximate surface area is 200 Å². The summed E-state index contributed by atoms with van der Waals surface area (Å²) in [7, 11) is 2.81. The van der Waals surface area contributed by atoms with E-state index in [0.717, 1.165) is 6.42 Å². The van der Waals surface area contributed by atoms with Crippen molar-refractivity contribution >= 4 is 17.7 Å². The van der Waals surface area contributed by atoms with Gasteiger partial charge in [-0.05, 0) is 31.7 Å². The number of benzene rings is 1. The van der Waals surface area contributed by atoms with Gasteiger partial charge >= 0.3 is 11.9 Å². The Morgan fingerprint density at radius 3 is 2.53 bits per heavy atom. The zero-order chi connectivity index (χ0) is 24.8. The summed E-state index contributed by atoms with van der Waals surface area (Å²) in [6.07, 6.45) is 1.34. The number of hydrogen-bond acceptors (Lipinski definition) is 8. The molecule has 1 aromatic rings. The van der Waals surface area contributed by atoms with Crippen molar-refractivity contribution in [3.8, 4) is 5.75 Å². The normalized spacial score (nSPS) is 22.1. The van der Waals surface area contributed by atoms with Gasteiger partial charge in [0.2, 0.25) is 0 Å². The summed E-state index contributed by atoms with van der Waals surface area (Å²) in [5, 5.41) is 3.25. The molecular formula is C26H33NO7. The van der Waals surface area contributed by atoms with Crippen molar-refractivity contribution in [1.82, 2.24) is 5.32 Å². The van der Waals surface area contributed by atoms with Crippen molar-refractivity contribution in [2.45, 2.75) is 39.5 Å². The van der Waals surface area contributed by atoms with Crippen LogP contribution in [0.25, 0.3) is 0 Å². The summed E-state index contributed by atoms with van der Waals surface area (Å²) in [5.41, 5.74) is 2.64. The molecule has 0 spiro atoms. The van der Waals surface area contributed by atoms with Gasteiger partial charge in [0.1, 0.15) is 18.3 Å². The van der Waals surface area contributed by atoms with Gasteiger partial charge in [-0.3, -0.25) is 9.59 Å². The van der Waals surface area contributed by atoms with Crippen LogP contribution < -0.4 is 10.1 Å². The topological polar surface area (TPSA) is 100 Å². The number of hydrogen-bond donors (Lipinski definition) is 1. The second kappa shape index (κ2) is 11.3. The Morgan fingerprint density at radius 1 is 1.12 bits per heavy atom. The molecule has 34 heavy (non-hydrogen) atoms. The lowest BCUT2D eigenvalue weighted by Crippen LogP contribution is -2.43. The molecule has 184 valence electrons. The van der Waals surface area contributed by atoms with Gasteiger partial charge in [-0.1, -0.05) is 32.0 Å². The molecule has 2 aliphatic rings. The van der Waals surface area contributed by atoms with Crippen LogP contribution in [0.3, 0.4) is 0 Å². The molecule has 0 saturated carbocycles. The molecule has 8 nitrogen and oxygen atoms in total. The van der Waals surface area contributed by atoms with Crippen molar-refractivity contribution in [3.05, 3.63) is 52.4 Å². The second-order valence-electron chi connectivity index (χ2n) is 8.53. The molecule has 0 amide bonds. The van der Waals surface area contributed by atoms with E-state index in [1.807, 2.05) is 32.0 Å². The number of dihydropyridines is 1. The minimum Gasteiger partial charge on any atom is -0.496 e. The van der Waals surface area contributed by atoms with E-state index in [-0.39, 0.29) is 24.9 Å². The van der Waals surface area contributed by atoms with Crippen LogP contribution in [0, 0.1) is 11.8 Å². The van der Waals surface area contributed by atoms with Crippen molar-refractivity contribution in [2.75, 3.05) is 34.0 Å². The summed E-state index contributed by atoms with van der Waals surface area (Å²) < 4.78 is 21.5. The first-order valence-corrected chi connectivity index (χ1v) is 11.6. The van der Waals surface area contributed by atoms with Crippen LogP contribution in [0.2, 0.25) is 0 Å². The zero-order valence-electron chi connectivity index (χ0n) is 20.4. The summed E-state index contributed by atoms with van der Waals surface area (Å²) in [6.45, 7) is 6.60. The van der Waals surface area contributed by atoms with E-state index in [9.17, 15) is 14.4 Å². The van der Waals surface area contributed by atoms with Crippen LogP contribution in [-0.2, 0) is 28.6 Å². The van der Waals surface area contributed by atoms with Crippen LogP contribution in [0.1, 0.15) is 45.1 Å². The number of nitrogens with one attached hydrogen (secondary N) is 1. The third-order valence-corrected chi connectivity index (χ3v) is 6.22. The van der Waals surface area contributed by atoms with Gasteiger partial charge in [0, 0.05) is 29.1 Å². The second-order valence-corrected chi connectivity index (χ2v) is 8.53. The number of carbonyl (C=O) groups is 3. The molecule has 8 heteroatoms. The first kappa shape index (κ1) is 25.5. The number of ether oxygens (including phenoxy) is 4. The van der Waals surface area contributed by atoms with Gasteiger partial charge < -0.3 is 24.3 Å². The number of allylic oxidation sites excluding steroid dienone is 3. The van der Waals surface area contributed by atoms with Gasteiger partial charge in [0.15, 0.2) is 5.78 Å². The number of carbonyl (C=O) groups excluding carboxylic acids is 3. The Hall–Kier alpha value is -3.13. The third-order valence-electron chi connectivity index (χ3n) is 6.22. The van der Waals surface area contributed by atoms with Gasteiger partial charge in [-0.25, -0.2) is 4.79 Å². The molecule has 3 rings (SSSR count). The Kier molecular flexibility index (Phi) is 8.50. The molecule has 0 unspecified atom stereocenters. The minimum atomic E-state index is -0.944. The summed E-state index contributed by atoms with van der Waals surface area (Å²) in [5.74, 6) is -2.88. The van der Waals surface area contributed by atoms with E-state index in [4.69, 9.17) is 18.9 Å². The van der Waals surface area contributed by atoms with Crippen LogP contribution in [0.4, 0.5) is 0 Å². The van der Waals surface area contributed by atoms with E-state index in [1.165, 1.54) is 14.2 Å². The molecule has 0 bridgehead atoms. The van der Waals surface area contributed by atoms with E-state index in [2.05, 4.69) is 5.32 Å². The minimum absolute atomic E-state index is 0.0932. The highest BCUT2D eigenvalue weighted by molar-refractivity contribution is 6.12. The quantitative estimate of drug-likeness (QED) is 0.333. The molecule has 1 heterocycles. The van der Waals surface area contributed by atoms with Gasteiger partial charge in [0.05, 0.1) is 32.3 Å². The monoisotopic (exact) mass is 471 g/mol. The first-order valence-electron chi connectivity index (χ1n) is 11.6. The fraction of sp³-hybridized carbons (Fsp3) is 0.500. The van der Waals surface area contributed by atoms with Crippen LogP contribution in [0.5, 0.6) is 5.75 Å². The highest BCUT2D eigenvalue weighted by Gasteiger charge is 2.47. The van der Waals surface area contributed by atoms with Gasteiger partial charge in [-0.15, -0.1) is 0 Å². The molecule has 3 atom stereocenters. The Balaban J connectivity index is 2.06. The molecule has 1 N–H and O–H groups in total. The maximum Gasteiger partial charge on any atom is 0.336 e. The highest BCUT2D eigenvalue weighted by Crippen LogP contribution is 2.47. The lowest BCUT2D eigenvalue weighted by molar-refractivity contribution is -0.151. The number of ketones is 1. The molecule has 1 aromatic carbocycles. The molecule has 0 aromatic heterocycles. The summed E-state index contributed by atoms with van der Waals surface area (Å²) in [6, 6.07) is 7.25. The number of para-hydroxylation sites is 1. The third kappa shape index (κ3) is 5.01. The van der Waals surface area contributed by atoms with Crippen molar-refractivity contribution in [1.29, 1.82) is 0 Å². The van der Waals surface area contributed by atoms with Crippen LogP contribution in [-0.4, -0.2) is 51.8 Å². The lowest BCUT2D eigenvalue weighted by Gasteiger charge is -2.38. The maximum atomic E-state index is 13.7. The Bertz CT molecular complexity index is 1010. The standard InChI is InChI=1S/C26H33NO7/c1-6-11-33-12-13-34-26(30)21-16(3)27-18-14-15(2)20(25(29)32-5)24(28)23(18)22(21)17-9-7-8-10-19(17)31-4/h7-10,15,20,22,27H,6,11-14H2,1-5H3/t15-,20+,22-/m1/s1. The van der Waals surface area contributed by atoms with E-state index in [0.29, 0.717) is 46.9 Å². The summed E-state index contributed by atoms with van der Waals surface area (Å²) in [4.78, 5) is 39.5. The summed E-state index contributed by atoms with van der Waals surface area (Å²) >= 11 is 0. The fourth-order valence-corrected chi connectivity index (χ4v) is 4.68. The predicted molar refractivity (Wildman–Crippen MR) is 125 cm³/mol. The maximum absolute atomic E-state index is 13.7. The first-order chi connectivity index (χ1) is 16.3. The van der Waals surface area contributed by atoms with Gasteiger partial charge in [-0.2, -0.15) is 0 Å². The van der Waals surface area contributed by atoms with Crippen LogP contribution in [0.15, 0.2) is 46.8 Å². The SMILES string of the molecule is CCCOCCOC(=O)C1=C(C)NC2=C(C(=O)[C@@H](C(=O)OC)[C@H](C)C2)[C@@H]1c1ccccc1OC. The number of methoxy groups -OCH3 is 2. The number of Topliss-reactive ketones (excluding diaryl/α,β-unsaturated/α-hetero) is 1. The lowest BCUT2D eigenvalue weighted by atomic mass is 9.69.